The molecule has 2 N–H and O–H groups in total. The normalized spacial score (nSPS) is 11.6. The summed E-state index contributed by atoms with van der Waals surface area (Å²) < 4.78 is 0. The first-order valence-corrected chi connectivity index (χ1v) is 8.69. The second kappa shape index (κ2) is 9.62. The van der Waals surface area contributed by atoms with Gasteiger partial charge in [0, 0.05) is 13.5 Å². The molecule has 0 bridgehead atoms. The molecule has 0 aliphatic carbocycles. The minimum atomic E-state index is -0.299. The lowest BCUT2D eigenvalue weighted by Gasteiger charge is -2.18. The fourth-order valence-electron chi connectivity index (χ4n) is 2.72. The Kier molecular flexibility index (Phi) is 7.20. The average molecular weight is 338 g/mol. The van der Waals surface area contributed by atoms with Crippen LogP contribution in [0, 0.1) is 6.92 Å². The number of nitrogens with one attached hydrogen (secondary N) is 2. The second-order valence-electron chi connectivity index (χ2n) is 6.31. The van der Waals surface area contributed by atoms with Crippen LogP contribution in [0.3, 0.4) is 0 Å². The highest BCUT2D eigenvalue weighted by Gasteiger charge is 2.16. The largest absolute Gasteiger partial charge is 0.356 e. The monoisotopic (exact) mass is 338 g/mol. The fraction of sp³-hybridized carbons (Fsp3) is 0.333. The van der Waals surface area contributed by atoms with Crippen molar-refractivity contribution in [3.8, 4) is 0 Å². The van der Waals surface area contributed by atoms with Crippen LogP contribution in [-0.4, -0.2) is 18.4 Å². The quantitative estimate of drug-likeness (QED) is 0.726. The van der Waals surface area contributed by atoms with Crippen molar-refractivity contribution < 1.29 is 9.59 Å². The Morgan fingerprint density at radius 2 is 1.68 bits per heavy atom. The predicted octanol–water partition coefficient (Wildman–Crippen LogP) is 3.31. The molecule has 0 saturated carbocycles. The first-order valence-electron chi connectivity index (χ1n) is 8.69. The fourth-order valence-corrected chi connectivity index (χ4v) is 2.72. The zero-order valence-corrected chi connectivity index (χ0v) is 14.9. The molecular weight excluding hydrogens is 312 g/mol. The van der Waals surface area contributed by atoms with E-state index in [0.717, 1.165) is 24.0 Å². The number of aryl methyl sites for hydroxylation is 2. The van der Waals surface area contributed by atoms with Crippen molar-refractivity contribution >= 4 is 11.8 Å². The van der Waals surface area contributed by atoms with Crippen LogP contribution in [0.25, 0.3) is 0 Å². The van der Waals surface area contributed by atoms with Crippen LogP contribution < -0.4 is 10.6 Å². The number of carbonyl (C=O) groups is 2. The molecule has 0 saturated heterocycles. The molecule has 4 heteroatoms. The maximum atomic E-state index is 12.2. The third-order valence-corrected chi connectivity index (χ3v) is 4.05. The Bertz CT molecular complexity index is 681. The van der Waals surface area contributed by atoms with Gasteiger partial charge in [0.2, 0.25) is 11.8 Å². The topological polar surface area (TPSA) is 58.2 Å². The van der Waals surface area contributed by atoms with Gasteiger partial charge in [-0.05, 0) is 30.9 Å². The predicted molar refractivity (Wildman–Crippen MR) is 100 cm³/mol. The lowest BCUT2D eigenvalue weighted by Crippen LogP contribution is -2.33. The van der Waals surface area contributed by atoms with Gasteiger partial charge in [-0.25, -0.2) is 0 Å². The van der Waals surface area contributed by atoms with Gasteiger partial charge in [-0.2, -0.15) is 0 Å². The highest BCUT2D eigenvalue weighted by Crippen LogP contribution is 2.17. The maximum Gasteiger partial charge on any atom is 0.222 e. The molecule has 0 fully saturated rings. The Labute approximate surface area is 149 Å². The standard InChI is InChI=1S/C21H26N2O2/c1-16-10-12-19(13-11-16)20(23-17(2)24)15-21(25)22-14-6-9-18-7-4-3-5-8-18/h3-5,7-8,10-13,20H,6,9,14-15H2,1-2H3,(H,22,25)(H,23,24). The van der Waals surface area contributed by atoms with E-state index in [1.54, 1.807) is 0 Å². The molecular formula is C21H26N2O2. The van der Waals surface area contributed by atoms with Gasteiger partial charge in [-0.3, -0.25) is 9.59 Å². The molecule has 0 aromatic heterocycles. The van der Waals surface area contributed by atoms with Crippen molar-refractivity contribution in [1.82, 2.24) is 10.6 Å². The molecule has 4 nitrogen and oxygen atoms in total. The van der Waals surface area contributed by atoms with E-state index in [0.29, 0.717) is 6.54 Å². The summed E-state index contributed by atoms with van der Waals surface area (Å²) >= 11 is 0. The van der Waals surface area contributed by atoms with Gasteiger partial charge in [0.05, 0.1) is 12.5 Å². The molecule has 0 heterocycles. The van der Waals surface area contributed by atoms with Crippen LogP contribution in [0.2, 0.25) is 0 Å². The molecule has 1 atom stereocenters. The number of hydrogen-bond acceptors (Lipinski definition) is 2. The van der Waals surface area contributed by atoms with E-state index in [1.807, 2.05) is 49.4 Å². The van der Waals surface area contributed by atoms with E-state index < -0.39 is 0 Å². The number of benzene rings is 2. The Balaban J connectivity index is 1.82. The molecule has 2 amide bonds. The van der Waals surface area contributed by atoms with Gasteiger partial charge in [0.25, 0.3) is 0 Å². The molecule has 0 aliphatic rings. The van der Waals surface area contributed by atoms with Crippen LogP contribution in [0.15, 0.2) is 54.6 Å². The van der Waals surface area contributed by atoms with Crippen LogP contribution in [0.4, 0.5) is 0 Å². The second-order valence-corrected chi connectivity index (χ2v) is 6.31. The SMILES string of the molecule is CC(=O)NC(CC(=O)NCCCc1ccccc1)c1ccc(C)cc1. The van der Waals surface area contributed by atoms with E-state index in [2.05, 4.69) is 22.8 Å². The lowest BCUT2D eigenvalue weighted by atomic mass is 10.0. The van der Waals surface area contributed by atoms with Gasteiger partial charge in [0.15, 0.2) is 0 Å². The molecule has 0 aliphatic heterocycles. The molecule has 2 aromatic rings. The van der Waals surface area contributed by atoms with Gasteiger partial charge in [-0.15, -0.1) is 0 Å². The zero-order chi connectivity index (χ0) is 18.1. The molecule has 2 aromatic carbocycles. The minimum Gasteiger partial charge on any atom is -0.356 e. The van der Waals surface area contributed by atoms with Crippen LogP contribution in [0.5, 0.6) is 0 Å². The van der Waals surface area contributed by atoms with Gasteiger partial charge >= 0.3 is 0 Å². The first-order chi connectivity index (χ1) is 12.0. The van der Waals surface area contributed by atoms with Gasteiger partial charge < -0.3 is 10.6 Å². The third-order valence-electron chi connectivity index (χ3n) is 4.05. The highest BCUT2D eigenvalue weighted by atomic mass is 16.2. The summed E-state index contributed by atoms with van der Waals surface area (Å²) in [5.74, 6) is -0.185. The van der Waals surface area contributed by atoms with E-state index in [4.69, 9.17) is 0 Å². The van der Waals surface area contributed by atoms with E-state index in [-0.39, 0.29) is 24.3 Å². The summed E-state index contributed by atoms with van der Waals surface area (Å²) in [7, 11) is 0. The Hall–Kier alpha value is -2.62. The summed E-state index contributed by atoms with van der Waals surface area (Å²) in [6, 6.07) is 17.8. The number of rotatable bonds is 8. The third kappa shape index (κ3) is 6.79. The maximum absolute atomic E-state index is 12.2. The summed E-state index contributed by atoms with van der Waals surface area (Å²) in [6.45, 7) is 4.12. The molecule has 132 valence electrons. The molecule has 0 spiro atoms. The van der Waals surface area contributed by atoms with Crippen molar-refractivity contribution in [3.63, 3.8) is 0 Å². The van der Waals surface area contributed by atoms with E-state index in [9.17, 15) is 9.59 Å². The van der Waals surface area contributed by atoms with E-state index in [1.165, 1.54) is 12.5 Å². The summed E-state index contributed by atoms with van der Waals surface area (Å²) in [5.41, 5.74) is 3.36. The molecule has 1 unspecified atom stereocenters. The summed E-state index contributed by atoms with van der Waals surface area (Å²) in [5, 5.41) is 5.81. The van der Waals surface area contributed by atoms with Crippen molar-refractivity contribution in [3.05, 3.63) is 71.3 Å². The van der Waals surface area contributed by atoms with Crippen molar-refractivity contribution in [1.29, 1.82) is 0 Å². The highest BCUT2D eigenvalue weighted by molar-refractivity contribution is 5.79. The van der Waals surface area contributed by atoms with E-state index >= 15 is 0 Å². The average Bonchev–Trinajstić information content (AvgIpc) is 2.59. The summed E-state index contributed by atoms with van der Waals surface area (Å²) in [4.78, 5) is 23.7. The minimum absolute atomic E-state index is 0.0487. The number of carbonyl (C=O) groups excluding carboxylic acids is 2. The van der Waals surface area contributed by atoms with Crippen LogP contribution in [-0.2, 0) is 16.0 Å². The van der Waals surface area contributed by atoms with Crippen LogP contribution in [0.1, 0.15) is 42.5 Å². The van der Waals surface area contributed by atoms with Crippen molar-refractivity contribution in [2.75, 3.05) is 6.54 Å². The number of hydrogen-bond donors (Lipinski definition) is 2. The van der Waals surface area contributed by atoms with Gasteiger partial charge in [0.1, 0.15) is 0 Å². The molecule has 0 radical (unpaired) electrons. The van der Waals surface area contributed by atoms with Crippen LogP contribution >= 0.6 is 0 Å². The summed E-state index contributed by atoms with van der Waals surface area (Å²) in [6.07, 6.45) is 2.08. The Morgan fingerprint density at radius 1 is 1.00 bits per heavy atom. The smallest absolute Gasteiger partial charge is 0.222 e. The molecule has 2 rings (SSSR count). The Morgan fingerprint density at radius 3 is 2.32 bits per heavy atom. The number of amides is 2. The van der Waals surface area contributed by atoms with Crippen molar-refractivity contribution in [2.24, 2.45) is 0 Å². The zero-order valence-electron chi connectivity index (χ0n) is 14.9. The first kappa shape index (κ1) is 18.7. The van der Waals surface area contributed by atoms with Gasteiger partial charge in [-0.1, -0.05) is 60.2 Å². The lowest BCUT2D eigenvalue weighted by molar-refractivity contribution is -0.122. The molecule has 25 heavy (non-hydrogen) atoms. The van der Waals surface area contributed by atoms with Crippen molar-refractivity contribution in [2.45, 2.75) is 39.2 Å².